The fourth-order valence-corrected chi connectivity index (χ4v) is 2.35. The average molecular weight is 331 g/mol. The SMILES string of the molecule is Cl.O=C(NCCOc1ccc2c(c1)OCO2)C1CC(O)CN1. The molecule has 0 saturated carbocycles. The predicted molar refractivity (Wildman–Crippen MR) is 80.7 cm³/mol. The molecule has 0 spiro atoms. The maximum absolute atomic E-state index is 11.8. The second-order valence-electron chi connectivity index (χ2n) is 5.00. The zero-order valence-corrected chi connectivity index (χ0v) is 12.7. The highest BCUT2D eigenvalue weighted by atomic mass is 35.5. The van der Waals surface area contributed by atoms with Gasteiger partial charge >= 0.3 is 0 Å². The normalized spacial score (nSPS) is 22.0. The molecule has 1 amide bonds. The summed E-state index contributed by atoms with van der Waals surface area (Å²) in [5.41, 5.74) is 0. The Bertz CT molecular complexity index is 528. The molecule has 0 aromatic heterocycles. The van der Waals surface area contributed by atoms with Gasteiger partial charge in [0.1, 0.15) is 12.4 Å². The van der Waals surface area contributed by atoms with Crippen LogP contribution in [0.25, 0.3) is 0 Å². The number of ether oxygens (including phenoxy) is 3. The quantitative estimate of drug-likeness (QED) is 0.661. The van der Waals surface area contributed by atoms with Gasteiger partial charge in [-0.05, 0) is 18.6 Å². The molecule has 7 nitrogen and oxygen atoms in total. The van der Waals surface area contributed by atoms with E-state index in [2.05, 4.69) is 10.6 Å². The predicted octanol–water partition coefficient (Wildman–Crippen LogP) is 0.0549. The summed E-state index contributed by atoms with van der Waals surface area (Å²) in [6.07, 6.45) is 0.0140. The van der Waals surface area contributed by atoms with Crippen LogP contribution in [0.15, 0.2) is 18.2 Å². The van der Waals surface area contributed by atoms with E-state index in [0.717, 1.165) is 0 Å². The molecular formula is C14H19ClN2O5. The van der Waals surface area contributed by atoms with Crippen molar-refractivity contribution in [1.82, 2.24) is 10.6 Å². The standard InChI is InChI=1S/C14H18N2O5.ClH/c17-9-5-11(16-7-9)14(18)15-3-4-19-10-1-2-12-13(6-10)21-8-20-12;/h1-2,6,9,11,16-17H,3-5,7-8H2,(H,15,18);1H. The third-order valence-electron chi connectivity index (χ3n) is 3.44. The molecule has 3 N–H and O–H groups in total. The molecule has 2 aliphatic heterocycles. The lowest BCUT2D eigenvalue weighted by molar-refractivity contribution is -0.123. The zero-order valence-electron chi connectivity index (χ0n) is 11.9. The molecule has 1 aromatic carbocycles. The third kappa shape index (κ3) is 3.94. The van der Waals surface area contributed by atoms with E-state index in [1.807, 2.05) is 0 Å². The topological polar surface area (TPSA) is 89.1 Å². The van der Waals surface area contributed by atoms with Crippen LogP contribution >= 0.6 is 12.4 Å². The van der Waals surface area contributed by atoms with E-state index in [4.69, 9.17) is 14.2 Å². The Balaban J connectivity index is 0.00000176. The number of β-amino-alcohol motifs (C(OH)–C–C–N with tert-alkyl or cyclic N) is 1. The van der Waals surface area contributed by atoms with E-state index in [1.165, 1.54) is 0 Å². The molecule has 2 aliphatic rings. The Morgan fingerprint density at radius 3 is 3.00 bits per heavy atom. The van der Waals surface area contributed by atoms with Crippen molar-refractivity contribution in [3.63, 3.8) is 0 Å². The number of aliphatic hydroxyl groups excluding tert-OH is 1. The van der Waals surface area contributed by atoms with Crippen LogP contribution in [0, 0.1) is 0 Å². The first-order chi connectivity index (χ1) is 10.2. The van der Waals surface area contributed by atoms with Gasteiger partial charge in [0, 0.05) is 12.6 Å². The molecule has 1 saturated heterocycles. The minimum Gasteiger partial charge on any atom is -0.492 e. The van der Waals surface area contributed by atoms with Crippen LogP contribution in [0.1, 0.15) is 6.42 Å². The van der Waals surface area contributed by atoms with Gasteiger partial charge in [-0.1, -0.05) is 0 Å². The molecule has 2 heterocycles. The first-order valence-electron chi connectivity index (χ1n) is 6.94. The second-order valence-corrected chi connectivity index (χ2v) is 5.00. The van der Waals surface area contributed by atoms with Crippen LogP contribution in [-0.2, 0) is 4.79 Å². The number of aliphatic hydroxyl groups is 1. The summed E-state index contributed by atoms with van der Waals surface area (Å²) in [6.45, 7) is 1.46. The number of nitrogens with one attached hydrogen (secondary N) is 2. The largest absolute Gasteiger partial charge is 0.492 e. The number of carbonyl (C=O) groups excluding carboxylic acids is 1. The van der Waals surface area contributed by atoms with Gasteiger partial charge in [-0.15, -0.1) is 12.4 Å². The van der Waals surface area contributed by atoms with Gasteiger partial charge in [0.05, 0.1) is 18.7 Å². The summed E-state index contributed by atoms with van der Waals surface area (Å²) < 4.78 is 16.0. The van der Waals surface area contributed by atoms with Gasteiger partial charge in [-0.2, -0.15) is 0 Å². The molecule has 1 aromatic rings. The van der Waals surface area contributed by atoms with E-state index >= 15 is 0 Å². The first kappa shape index (κ1) is 16.7. The van der Waals surface area contributed by atoms with Crippen molar-refractivity contribution in [2.75, 3.05) is 26.5 Å². The van der Waals surface area contributed by atoms with E-state index in [0.29, 0.717) is 43.4 Å². The number of carbonyl (C=O) groups is 1. The Kier molecular flexibility index (Phi) is 5.70. The number of hydrogen-bond donors (Lipinski definition) is 3. The first-order valence-corrected chi connectivity index (χ1v) is 6.94. The average Bonchev–Trinajstić information content (AvgIpc) is 3.11. The van der Waals surface area contributed by atoms with Gasteiger partial charge in [0.25, 0.3) is 0 Å². The molecule has 3 rings (SSSR count). The minimum atomic E-state index is -0.439. The van der Waals surface area contributed by atoms with Crippen molar-refractivity contribution in [3.8, 4) is 17.2 Å². The molecule has 0 bridgehead atoms. The third-order valence-corrected chi connectivity index (χ3v) is 3.44. The molecule has 1 fully saturated rings. The van der Waals surface area contributed by atoms with Crippen LogP contribution in [0.5, 0.6) is 17.2 Å². The summed E-state index contributed by atoms with van der Waals surface area (Å²) in [4.78, 5) is 11.8. The summed E-state index contributed by atoms with van der Waals surface area (Å²) >= 11 is 0. The fourth-order valence-electron chi connectivity index (χ4n) is 2.35. The molecule has 0 aliphatic carbocycles. The maximum Gasteiger partial charge on any atom is 0.237 e. The molecular weight excluding hydrogens is 312 g/mol. The zero-order chi connectivity index (χ0) is 14.7. The number of hydrogen-bond acceptors (Lipinski definition) is 6. The van der Waals surface area contributed by atoms with Crippen LogP contribution in [0.3, 0.4) is 0 Å². The van der Waals surface area contributed by atoms with Crippen molar-refractivity contribution < 1.29 is 24.1 Å². The molecule has 8 heteroatoms. The molecule has 0 radical (unpaired) electrons. The van der Waals surface area contributed by atoms with Gasteiger partial charge in [-0.25, -0.2) is 0 Å². The lowest BCUT2D eigenvalue weighted by atomic mass is 10.2. The Morgan fingerprint density at radius 2 is 2.23 bits per heavy atom. The summed E-state index contributed by atoms with van der Waals surface area (Å²) in [7, 11) is 0. The fraction of sp³-hybridized carbons (Fsp3) is 0.500. The number of fused-ring (bicyclic) bond motifs is 1. The number of amides is 1. The van der Waals surface area contributed by atoms with E-state index in [9.17, 15) is 9.90 Å². The van der Waals surface area contributed by atoms with Crippen LogP contribution < -0.4 is 24.8 Å². The Morgan fingerprint density at radius 1 is 1.41 bits per heavy atom. The minimum absolute atomic E-state index is 0. The lowest BCUT2D eigenvalue weighted by Gasteiger charge is -2.11. The molecule has 2 atom stereocenters. The van der Waals surface area contributed by atoms with E-state index < -0.39 is 6.10 Å². The molecule has 22 heavy (non-hydrogen) atoms. The number of rotatable bonds is 5. The van der Waals surface area contributed by atoms with Crippen molar-refractivity contribution in [2.45, 2.75) is 18.6 Å². The molecule has 122 valence electrons. The monoisotopic (exact) mass is 330 g/mol. The Hall–Kier alpha value is -1.70. The van der Waals surface area contributed by atoms with Crippen molar-refractivity contribution in [2.24, 2.45) is 0 Å². The van der Waals surface area contributed by atoms with Crippen molar-refractivity contribution in [1.29, 1.82) is 0 Å². The van der Waals surface area contributed by atoms with Crippen LogP contribution in [0.2, 0.25) is 0 Å². The summed E-state index contributed by atoms with van der Waals surface area (Å²) in [6, 6.07) is 5.04. The van der Waals surface area contributed by atoms with Gasteiger partial charge in [-0.3, -0.25) is 4.79 Å². The van der Waals surface area contributed by atoms with Crippen LogP contribution in [-0.4, -0.2) is 49.6 Å². The summed E-state index contributed by atoms with van der Waals surface area (Å²) in [5.74, 6) is 1.94. The highest BCUT2D eigenvalue weighted by Crippen LogP contribution is 2.34. The maximum atomic E-state index is 11.8. The van der Waals surface area contributed by atoms with E-state index in [1.54, 1.807) is 18.2 Å². The van der Waals surface area contributed by atoms with Gasteiger partial charge < -0.3 is 30.0 Å². The van der Waals surface area contributed by atoms with Gasteiger partial charge in [0.2, 0.25) is 12.7 Å². The molecule has 2 unspecified atom stereocenters. The second kappa shape index (κ2) is 7.53. The lowest BCUT2D eigenvalue weighted by Crippen LogP contribution is -2.41. The summed E-state index contributed by atoms with van der Waals surface area (Å²) in [5, 5.41) is 15.1. The smallest absolute Gasteiger partial charge is 0.237 e. The highest BCUT2D eigenvalue weighted by Gasteiger charge is 2.27. The number of halogens is 1. The van der Waals surface area contributed by atoms with E-state index in [-0.39, 0.29) is 31.1 Å². The highest BCUT2D eigenvalue weighted by molar-refractivity contribution is 5.85. The van der Waals surface area contributed by atoms with Crippen molar-refractivity contribution in [3.05, 3.63) is 18.2 Å². The van der Waals surface area contributed by atoms with Gasteiger partial charge in [0.15, 0.2) is 11.5 Å². The van der Waals surface area contributed by atoms with Crippen molar-refractivity contribution >= 4 is 18.3 Å². The van der Waals surface area contributed by atoms with Crippen LogP contribution in [0.4, 0.5) is 0 Å². The number of benzene rings is 1. The Labute approximate surface area is 134 Å².